The highest BCUT2D eigenvalue weighted by atomic mass is 19.3. The normalized spacial score (nSPS) is 21.1. The molecule has 5 nitrogen and oxygen atoms in total. The molecule has 134 valence electrons. The van der Waals surface area contributed by atoms with Crippen LogP contribution in [0.25, 0.3) is 0 Å². The number of nitrogens with one attached hydrogen (secondary N) is 2. The highest BCUT2D eigenvalue weighted by molar-refractivity contribution is 5.79. The Morgan fingerprint density at radius 2 is 2.25 bits per heavy atom. The SMILES string of the molecule is CN=C(NCc1cccc(OCC(F)F)c1)NCC1(C)CCCO1. The topological polar surface area (TPSA) is 54.9 Å². The van der Waals surface area contributed by atoms with Gasteiger partial charge in [-0.1, -0.05) is 12.1 Å². The maximum atomic E-state index is 12.2. The van der Waals surface area contributed by atoms with Gasteiger partial charge in [0.05, 0.1) is 5.60 Å². The van der Waals surface area contributed by atoms with Gasteiger partial charge < -0.3 is 20.1 Å². The lowest BCUT2D eigenvalue weighted by Gasteiger charge is -2.24. The third-order valence-electron chi connectivity index (χ3n) is 3.89. The van der Waals surface area contributed by atoms with E-state index in [1.54, 1.807) is 25.2 Å². The maximum Gasteiger partial charge on any atom is 0.272 e. The Morgan fingerprint density at radius 3 is 2.92 bits per heavy atom. The van der Waals surface area contributed by atoms with Gasteiger partial charge >= 0.3 is 0 Å². The third kappa shape index (κ3) is 5.96. The van der Waals surface area contributed by atoms with Gasteiger partial charge in [-0.15, -0.1) is 0 Å². The zero-order valence-electron chi connectivity index (χ0n) is 14.1. The van der Waals surface area contributed by atoms with Crippen molar-refractivity contribution >= 4 is 5.96 Å². The van der Waals surface area contributed by atoms with Crippen LogP contribution in [0.15, 0.2) is 29.3 Å². The Kier molecular flexibility index (Phi) is 6.78. The van der Waals surface area contributed by atoms with Gasteiger partial charge in [0.2, 0.25) is 0 Å². The molecule has 0 saturated carbocycles. The minimum Gasteiger partial charge on any atom is -0.488 e. The largest absolute Gasteiger partial charge is 0.488 e. The van der Waals surface area contributed by atoms with Gasteiger partial charge in [0.25, 0.3) is 6.43 Å². The second-order valence-electron chi connectivity index (χ2n) is 6.03. The fourth-order valence-corrected chi connectivity index (χ4v) is 2.56. The molecule has 0 amide bonds. The van der Waals surface area contributed by atoms with E-state index in [0.717, 1.165) is 25.0 Å². The molecule has 2 N–H and O–H groups in total. The van der Waals surface area contributed by atoms with Gasteiger partial charge in [-0.25, -0.2) is 8.78 Å². The molecule has 1 aromatic carbocycles. The molecule has 0 bridgehead atoms. The second-order valence-corrected chi connectivity index (χ2v) is 6.03. The van der Waals surface area contributed by atoms with Gasteiger partial charge in [0.1, 0.15) is 12.4 Å². The molecule has 1 aromatic rings. The Balaban J connectivity index is 1.81. The highest BCUT2D eigenvalue weighted by Gasteiger charge is 2.29. The first-order chi connectivity index (χ1) is 11.5. The van der Waals surface area contributed by atoms with Crippen molar-refractivity contribution in [1.29, 1.82) is 0 Å². The molecule has 1 saturated heterocycles. The van der Waals surface area contributed by atoms with E-state index >= 15 is 0 Å². The summed E-state index contributed by atoms with van der Waals surface area (Å²) in [7, 11) is 1.70. The molecule has 0 aromatic heterocycles. The summed E-state index contributed by atoms with van der Waals surface area (Å²) in [6.07, 6.45) is -0.371. The molecular weight excluding hydrogens is 316 g/mol. The standard InChI is InChI=1S/C17H25F2N3O2/c1-17(7-4-8-24-17)12-22-16(20-2)21-10-13-5-3-6-14(9-13)23-11-15(18)19/h3,5-6,9,15H,4,7-8,10-12H2,1-2H3,(H2,20,21,22). The number of rotatable bonds is 7. The molecule has 1 atom stereocenters. The van der Waals surface area contributed by atoms with E-state index in [-0.39, 0.29) is 5.60 Å². The van der Waals surface area contributed by atoms with Crippen LogP contribution in [0.5, 0.6) is 5.75 Å². The first kappa shape index (κ1) is 18.4. The Bertz CT molecular complexity index is 546. The van der Waals surface area contributed by atoms with Crippen molar-refractivity contribution in [2.45, 2.75) is 38.3 Å². The predicted octanol–water partition coefficient (Wildman–Crippen LogP) is 2.56. The Labute approximate surface area is 141 Å². The average molecular weight is 341 g/mol. The van der Waals surface area contributed by atoms with Crippen LogP contribution in [0.1, 0.15) is 25.3 Å². The summed E-state index contributed by atoms with van der Waals surface area (Å²) in [5.74, 6) is 1.11. The van der Waals surface area contributed by atoms with E-state index in [9.17, 15) is 8.78 Å². The number of hydrogen-bond acceptors (Lipinski definition) is 3. The molecule has 1 unspecified atom stereocenters. The first-order valence-corrected chi connectivity index (χ1v) is 8.09. The molecule has 0 radical (unpaired) electrons. The van der Waals surface area contributed by atoms with Crippen molar-refractivity contribution in [3.05, 3.63) is 29.8 Å². The lowest BCUT2D eigenvalue weighted by Crippen LogP contribution is -2.45. The van der Waals surface area contributed by atoms with E-state index in [0.29, 0.717) is 24.8 Å². The minimum absolute atomic E-state index is 0.152. The third-order valence-corrected chi connectivity index (χ3v) is 3.89. The van der Waals surface area contributed by atoms with Crippen molar-refractivity contribution in [2.75, 3.05) is 26.8 Å². The quantitative estimate of drug-likeness (QED) is 0.591. The zero-order valence-corrected chi connectivity index (χ0v) is 14.1. The van der Waals surface area contributed by atoms with Gasteiger partial charge in [-0.3, -0.25) is 4.99 Å². The summed E-state index contributed by atoms with van der Waals surface area (Å²) in [6, 6.07) is 7.08. The fraction of sp³-hybridized carbons (Fsp3) is 0.588. The molecule has 1 heterocycles. The van der Waals surface area contributed by atoms with Gasteiger partial charge in [0.15, 0.2) is 5.96 Å². The van der Waals surface area contributed by atoms with E-state index in [1.165, 1.54) is 0 Å². The number of alkyl halides is 2. The molecule has 0 aliphatic carbocycles. The monoisotopic (exact) mass is 341 g/mol. The van der Waals surface area contributed by atoms with Gasteiger partial charge in [0, 0.05) is 26.7 Å². The summed E-state index contributed by atoms with van der Waals surface area (Å²) in [6.45, 7) is 3.49. The summed E-state index contributed by atoms with van der Waals surface area (Å²) < 4.78 is 35.2. The van der Waals surface area contributed by atoms with Crippen molar-refractivity contribution in [3.63, 3.8) is 0 Å². The van der Waals surface area contributed by atoms with Crippen LogP contribution in [0.4, 0.5) is 8.78 Å². The second kappa shape index (κ2) is 8.82. The molecule has 0 spiro atoms. The summed E-state index contributed by atoms with van der Waals surface area (Å²) in [5.41, 5.74) is 0.772. The number of nitrogens with zero attached hydrogens (tertiary/aromatic N) is 1. The van der Waals surface area contributed by atoms with E-state index in [4.69, 9.17) is 9.47 Å². The van der Waals surface area contributed by atoms with Crippen LogP contribution in [0.2, 0.25) is 0 Å². The number of aliphatic imine (C=N–C) groups is 1. The number of ether oxygens (including phenoxy) is 2. The summed E-state index contributed by atoms with van der Waals surface area (Å²) >= 11 is 0. The first-order valence-electron chi connectivity index (χ1n) is 8.09. The average Bonchev–Trinajstić information content (AvgIpc) is 3.00. The van der Waals surface area contributed by atoms with Crippen LogP contribution >= 0.6 is 0 Å². The van der Waals surface area contributed by atoms with Crippen LogP contribution < -0.4 is 15.4 Å². The maximum absolute atomic E-state index is 12.2. The predicted molar refractivity (Wildman–Crippen MR) is 89.7 cm³/mol. The molecule has 2 rings (SSSR count). The van der Waals surface area contributed by atoms with Crippen LogP contribution in [0.3, 0.4) is 0 Å². The fourth-order valence-electron chi connectivity index (χ4n) is 2.56. The van der Waals surface area contributed by atoms with Crippen molar-refractivity contribution in [3.8, 4) is 5.75 Å². The van der Waals surface area contributed by atoms with Crippen molar-refractivity contribution in [1.82, 2.24) is 10.6 Å². The number of halogens is 2. The van der Waals surface area contributed by atoms with E-state index in [2.05, 4.69) is 22.5 Å². The van der Waals surface area contributed by atoms with E-state index < -0.39 is 13.0 Å². The van der Waals surface area contributed by atoms with Crippen LogP contribution in [-0.4, -0.2) is 44.8 Å². The smallest absolute Gasteiger partial charge is 0.272 e. The van der Waals surface area contributed by atoms with Crippen molar-refractivity contribution < 1.29 is 18.3 Å². The molecular formula is C17H25F2N3O2. The number of guanidine groups is 1. The molecule has 1 aliphatic heterocycles. The molecule has 24 heavy (non-hydrogen) atoms. The number of hydrogen-bond donors (Lipinski definition) is 2. The lowest BCUT2D eigenvalue weighted by molar-refractivity contribution is 0.0243. The van der Waals surface area contributed by atoms with E-state index in [1.807, 2.05) is 6.07 Å². The van der Waals surface area contributed by atoms with Gasteiger partial charge in [-0.2, -0.15) is 0 Å². The minimum atomic E-state index is -2.48. The number of benzene rings is 1. The zero-order chi connectivity index (χ0) is 17.4. The Morgan fingerprint density at radius 1 is 1.42 bits per heavy atom. The lowest BCUT2D eigenvalue weighted by atomic mass is 10.0. The van der Waals surface area contributed by atoms with Crippen molar-refractivity contribution in [2.24, 2.45) is 4.99 Å². The van der Waals surface area contributed by atoms with Crippen LogP contribution in [0, 0.1) is 0 Å². The van der Waals surface area contributed by atoms with Gasteiger partial charge in [-0.05, 0) is 37.5 Å². The highest BCUT2D eigenvalue weighted by Crippen LogP contribution is 2.23. The summed E-state index contributed by atoms with van der Waals surface area (Å²) in [5, 5.41) is 6.46. The molecule has 7 heteroatoms. The molecule has 1 fully saturated rings. The Hall–Kier alpha value is -1.89. The molecule has 1 aliphatic rings. The summed E-state index contributed by atoms with van der Waals surface area (Å²) in [4.78, 5) is 4.19. The van der Waals surface area contributed by atoms with Crippen LogP contribution in [-0.2, 0) is 11.3 Å².